The van der Waals surface area contributed by atoms with E-state index in [1.807, 2.05) is 47.1 Å². The summed E-state index contributed by atoms with van der Waals surface area (Å²) in [7, 11) is 0. The number of urea groups is 1. The van der Waals surface area contributed by atoms with Crippen LogP contribution in [0.15, 0.2) is 96.2 Å². The van der Waals surface area contributed by atoms with E-state index >= 15 is 0 Å². The maximum atomic E-state index is 13.4. The average molecular weight is 543 g/mol. The van der Waals surface area contributed by atoms with Crippen molar-refractivity contribution in [1.29, 1.82) is 0 Å². The minimum absolute atomic E-state index is 0.203. The van der Waals surface area contributed by atoms with Gasteiger partial charge in [-0.05, 0) is 84.3 Å². The van der Waals surface area contributed by atoms with Crippen LogP contribution in [-0.2, 0) is 6.54 Å². The second-order valence-electron chi connectivity index (χ2n) is 9.44. The number of benzene rings is 3. The summed E-state index contributed by atoms with van der Waals surface area (Å²) in [5.74, 6) is 6.41. The van der Waals surface area contributed by atoms with Gasteiger partial charge in [-0.2, -0.15) is 0 Å². The lowest BCUT2D eigenvalue weighted by molar-refractivity contribution is 0.251. The van der Waals surface area contributed by atoms with Crippen LogP contribution in [0.2, 0.25) is 0 Å². The molecule has 8 nitrogen and oxygen atoms in total. The maximum Gasteiger partial charge on any atom is 0.319 e. The molecule has 0 atom stereocenters. The second kappa shape index (κ2) is 10.8. The number of H-pyrrole nitrogens is 1. The Morgan fingerprint density at radius 3 is 2.71 bits per heavy atom. The number of amides is 2. The van der Waals surface area contributed by atoms with Gasteiger partial charge in [-0.15, -0.1) is 0 Å². The number of carbonyl (C=O) groups excluding carboxylic acids is 1. The third-order valence-corrected chi connectivity index (χ3v) is 6.51. The van der Waals surface area contributed by atoms with Crippen molar-refractivity contribution in [1.82, 2.24) is 24.7 Å². The van der Waals surface area contributed by atoms with Crippen molar-refractivity contribution in [2.24, 2.45) is 0 Å². The second-order valence-corrected chi connectivity index (χ2v) is 9.44. The number of aromatic nitrogens is 4. The van der Waals surface area contributed by atoms with E-state index in [-0.39, 0.29) is 17.4 Å². The predicted molar refractivity (Wildman–Crippen MR) is 156 cm³/mol. The molecule has 0 bridgehead atoms. The van der Waals surface area contributed by atoms with Gasteiger partial charge < -0.3 is 20.0 Å². The van der Waals surface area contributed by atoms with Crippen molar-refractivity contribution < 1.29 is 9.18 Å². The maximum absolute atomic E-state index is 13.4. The fourth-order valence-corrected chi connectivity index (χ4v) is 4.49. The average Bonchev–Trinajstić information content (AvgIpc) is 3.44. The number of anilines is 1. The summed E-state index contributed by atoms with van der Waals surface area (Å²) in [6.45, 7) is 2.06. The van der Waals surface area contributed by atoms with Crippen molar-refractivity contribution in [3.8, 4) is 23.0 Å². The van der Waals surface area contributed by atoms with Crippen LogP contribution in [-0.4, -0.2) is 25.4 Å². The highest BCUT2D eigenvalue weighted by atomic mass is 19.1. The number of pyridine rings is 1. The van der Waals surface area contributed by atoms with Crippen LogP contribution in [0.1, 0.15) is 22.5 Å². The molecule has 3 aromatic carbocycles. The van der Waals surface area contributed by atoms with Crippen LogP contribution in [0.25, 0.3) is 27.7 Å². The van der Waals surface area contributed by atoms with Gasteiger partial charge in [-0.3, -0.25) is 4.79 Å². The van der Waals surface area contributed by atoms with Gasteiger partial charge >= 0.3 is 6.03 Å². The first kappa shape index (κ1) is 25.5. The van der Waals surface area contributed by atoms with Crippen molar-refractivity contribution >= 4 is 28.3 Å². The molecule has 3 N–H and O–H groups in total. The SMILES string of the molecule is Cc1nc2cc(-c3ccc(NC(=O)NCc4ccn5ccnc5c4)cc3C#Cc3ccc(F)cc3)ccc2c(=O)[nH]1. The first-order chi connectivity index (χ1) is 19.9. The van der Waals surface area contributed by atoms with Crippen molar-refractivity contribution in [2.45, 2.75) is 13.5 Å². The lowest BCUT2D eigenvalue weighted by atomic mass is 9.98. The third-order valence-electron chi connectivity index (χ3n) is 6.51. The Labute approximate surface area is 233 Å². The minimum Gasteiger partial charge on any atom is -0.334 e. The van der Waals surface area contributed by atoms with Crippen molar-refractivity contribution in [2.75, 3.05) is 5.32 Å². The number of carbonyl (C=O) groups is 1. The summed E-state index contributed by atoms with van der Waals surface area (Å²) in [5, 5.41) is 6.22. The van der Waals surface area contributed by atoms with E-state index in [2.05, 4.69) is 37.4 Å². The van der Waals surface area contributed by atoms with Gasteiger partial charge in [0, 0.05) is 41.9 Å². The molecule has 0 aliphatic rings. The number of rotatable bonds is 4. The van der Waals surface area contributed by atoms with Crippen LogP contribution in [0.3, 0.4) is 0 Å². The summed E-state index contributed by atoms with van der Waals surface area (Å²) in [6.07, 6.45) is 5.46. The zero-order valence-electron chi connectivity index (χ0n) is 21.9. The van der Waals surface area contributed by atoms with Gasteiger partial charge in [0.2, 0.25) is 0 Å². The summed E-state index contributed by atoms with van der Waals surface area (Å²) in [6, 6.07) is 20.2. The Morgan fingerprint density at radius 1 is 1.00 bits per heavy atom. The molecule has 0 spiro atoms. The van der Waals surface area contributed by atoms with Crippen LogP contribution in [0, 0.1) is 24.6 Å². The largest absolute Gasteiger partial charge is 0.334 e. The number of imidazole rings is 1. The Hall–Kier alpha value is -5.75. The van der Waals surface area contributed by atoms with E-state index in [9.17, 15) is 14.0 Å². The van der Waals surface area contributed by atoms with Crippen LogP contribution in [0.4, 0.5) is 14.9 Å². The molecule has 3 heterocycles. The van der Waals surface area contributed by atoms with Gasteiger partial charge in [0.15, 0.2) is 0 Å². The lowest BCUT2D eigenvalue weighted by Crippen LogP contribution is -2.28. The highest BCUT2D eigenvalue weighted by Crippen LogP contribution is 2.28. The molecule has 0 aliphatic carbocycles. The number of aromatic amines is 1. The van der Waals surface area contributed by atoms with Crippen LogP contribution < -0.4 is 16.2 Å². The van der Waals surface area contributed by atoms with E-state index in [1.165, 1.54) is 12.1 Å². The van der Waals surface area contributed by atoms with Crippen molar-refractivity contribution in [3.05, 3.63) is 130 Å². The van der Waals surface area contributed by atoms with E-state index in [0.29, 0.717) is 40.1 Å². The number of hydrogen-bond donors (Lipinski definition) is 3. The molecule has 3 aromatic heterocycles. The molecule has 0 unspecified atom stereocenters. The number of nitrogens with one attached hydrogen (secondary N) is 3. The molecule has 2 amide bonds. The predicted octanol–water partition coefficient (Wildman–Crippen LogP) is 5.41. The fourth-order valence-electron chi connectivity index (χ4n) is 4.49. The van der Waals surface area contributed by atoms with E-state index < -0.39 is 0 Å². The number of halogens is 1. The first-order valence-corrected chi connectivity index (χ1v) is 12.8. The smallest absolute Gasteiger partial charge is 0.319 e. The Balaban J connectivity index is 1.29. The normalized spacial score (nSPS) is 10.8. The summed E-state index contributed by atoms with van der Waals surface area (Å²) >= 11 is 0. The van der Waals surface area contributed by atoms with Gasteiger partial charge in [0.05, 0.1) is 10.9 Å². The fraction of sp³-hybridized carbons (Fsp3) is 0.0625. The highest BCUT2D eigenvalue weighted by molar-refractivity contribution is 5.91. The molecule has 0 fully saturated rings. The topological polar surface area (TPSA) is 104 Å². The highest BCUT2D eigenvalue weighted by Gasteiger charge is 2.11. The molecular weight excluding hydrogens is 519 g/mol. The summed E-state index contributed by atoms with van der Waals surface area (Å²) in [4.78, 5) is 36.5. The molecular formula is C32H23FN6O2. The molecule has 6 aromatic rings. The van der Waals surface area contributed by atoms with E-state index in [4.69, 9.17) is 0 Å². The zero-order valence-corrected chi connectivity index (χ0v) is 21.9. The Bertz CT molecular complexity index is 2050. The molecule has 0 radical (unpaired) electrons. The monoisotopic (exact) mass is 542 g/mol. The van der Waals surface area contributed by atoms with Crippen molar-refractivity contribution in [3.63, 3.8) is 0 Å². The van der Waals surface area contributed by atoms with Gasteiger partial charge in [0.25, 0.3) is 5.56 Å². The summed E-state index contributed by atoms with van der Waals surface area (Å²) < 4.78 is 15.3. The molecule has 9 heteroatoms. The molecule has 0 aliphatic heterocycles. The lowest BCUT2D eigenvalue weighted by Gasteiger charge is -2.11. The Kier molecular flexibility index (Phi) is 6.71. The molecule has 0 saturated carbocycles. The molecule has 0 saturated heterocycles. The number of hydrogen-bond acceptors (Lipinski definition) is 4. The number of fused-ring (bicyclic) bond motifs is 2. The third kappa shape index (κ3) is 5.67. The number of nitrogens with zero attached hydrogens (tertiary/aromatic N) is 3. The molecule has 6 rings (SSSR count). The quantitative estimate of drug-likeness (QED) is 0.259. The van der Waals surface area contributed by atoms with E-state index in [0.717, 1.165) is 22.3 Å². The van der Waals surface area contributed by atoms with Gasteiger partial charge in [-0.1, -0.05) is 24.0 Å². The van der Waals surface area contributed by atoms with Gasteiger partial charge in [-0.25, -0.2) is 19.2 Å². The molecule has 41 heavy (non-hydrogen) atoms. The summed E-state index contributed by atoms with van der Waals surface area (Å²) in [5.41, 5.74) is 5.51. The van der Waals surface area contributed by atoms with Crippen LogP contribution >= 0.6 is 0 Å². The van der Waals surface area contributed by atoms with Crippen LogP contribution in [0.5, 0.6) is 0 Å². The minimum atomic E-state index is -0.372. The standard InChI is InChI=1S/C32H23FN6O2/c1-20-36-29-18-24(6-10-28(29)31(40)37-20)27-11-9-26(17-23(27)5-2-21-3-7-25(33)8-4-21)38-32(41)35-19-22-12-14-39-15-13-34-30(39)16-22/h3-4,6-18H,19H2,1H3,(H2,35,38,41)(H,36,37,40). The Morgan fingerprint density at radius 2 is 1.85 bits per heavy atom. The zero-order chi connectivity index (χ0) is 28.3. The molecule has 200 valence electrons. The van der Waals surface area contributed by atoms with E-state index in [1.54, 1.807) is 43.5 Å². The van der Waals surface area contributed by atoms with Gasteiger partial charge in [0.1, 0.15) is 17.3 Å². The first-order valence-electron chi connectivity index (χ1n) is 12.8. The number of aryl methyl sites for hydroxylation is 1.